The van der Waals surface area contributed by atoms with E-state index < -0.39 is 0 Å². The van der Waals surface area contributed by atoms with Gasteiger partial charge in [0.2, 0.25) is 0 Å². The van der Waals surface area contributed by atoms with Gasteiger partial charge in [-0.25, -0.2) is 0 Å². The predicted molar refractivity (Wildman–Crippen MR) is 250 cm³/mol. The van der Waals surface area contributed by atoms with Crippen LogP contribution in [0, 0.1) is 0 Å². The Morgan fingerprint density at radius 3 is 1.06 bits per heavy atom. The second kappa shape index (κ2) is 20.6. The zero-order valence-corrected chi connectivity index (χ0v) is 36.4. The number of hydrogen-bond acceptors (Lipinski definition) is 4. The Kier molecular flexibility index (Phi) is 15.2. The van der Waals surface area contributed by atoms with Gasteiger partial charge in [-0.1, -0.05) is 154 Å². The highest BCUT2D eigenvalue weighted by Gasteiger charge is 2.14. The molecule has 3 aromatic carbocycles. The molecule has 0 aliphatic carbocycles. The van der Waals surface area contributed by atoms with Crippen LogP contribution >= 0.6 is 45.3 Å². The third-order valence-electron chi connectivity index (χ3n) is 11.5. The highest BCUT2D eigenvalue weighted by molar-refractivity contribution is 7.27. The standard InChI is InChI=1S/C50H62S4/c1-3-5-7-9-11-13-15-17-19-21-23-39-27-31-45(51-39)37-25-29-41-43-35-50-44(36-49(43)53-47(41)33-37)42-30-26-38(34-48(42)54-50)46-32-28-40(52-46)24-22-20-18-16-14-12-10-8-6-4-2/h25-36H,3-24H2,1-2H3. The number of hydrogen-bond donors (Lipinski definition) is 0. The molecule has 0 aliphatic heterocycles. The molecule has 0 fully saturated rings. The van der Waals surface area contributed by atoms with Gasteiger partial charge in [-0.3, -0.25) is 0 Å². The maximum absolute atomic E-state index is 2.47. The zero-order chi connectivity index (χ0) is 37.0. The second-order valence-corrected chi connectivity index (χ2v) is 20.4. The first-order chi connectivity index (χ1) is 26.7. The molecule has 4 heteroatoms. The Balaban J connectivity index is 0.935. The van der Waals surface area contributed by atoms with Crippen LogP contribution in [0.2, 0.25) is 0 Å². The lowest BCUT2D eigenvalue weighted by Crippen LogP contribution is -1.84. The van der Waals surface area contributed by atoms with E-state index in [1.54, 1.807) is 9.75 Å². The summed E-state index contributed by atoms with van der Waals surface area (Å²) in [5, 5.41) is 5.61. The van der Waals surface area contributed by atoms with E-state index in [0.29, 0.717) is 0 Å². The highest BCUT2D eigenvalue weighted by Crippen LogP contribution is 2.44. The third kappa shape index (κ3) is 10.5. The topological polar surface area (TPSA) is 0 Å². The fourth-order valence-corrected chi connectivity index (χ4v) is 12.7. The SMILES string of the molecule is CCCCCCCCCCCCc1ccc(-c2ccc3c(c2)sc2cc4c(cc23)sc2cc(-c3ccc(CCCCCCCCCCCC)s3)ccc24)s1. The zero-order valence-electron chi connectivity index (χ0n) is 33.1. The fourth-order valence-electron chi connectivity index (χ4n) is 8.26. The summed E-state index contributed by atoms with van der Waals surface area (Å²) in [5.74, 6) is 0. The van der Waals surface area contributed by atoms with Gasteiger partial charge in [0.05, 0.1) is 0 Å². The minimum atomic E-state index is 1.23. The van der Waals surface area contributed by atoms with Crippen LogP contribution in [0.5, 0.6) is 0 Å². The molecule has 0 bridgehead atoms. The highest BCUT2D eigenvalue weighted by atomic mass is 32.1. The van der Waals surface area contributed by atoms with Gasteiger partial charge < -0.3 is 0 Å². The van der Waals surface area contributed by atoms with E-state index in [9.17, 15) is 0 Å². The van der Waals surface area contributed by atoms with Gasteiger partial charge in [-0.2, -0.15) is 0 Å². The normalized spacial score (nSPS) is 12.0. The lowest BCUT2D eigenvalue weighted by atomic mass is 10.1. The first-order valence-corrected chi connectivity index (χ1v) is 25.0. The summed E-state index contributed by atoms with van der Waals surface area (Å²) in [5.41, 5.74) is 2.74. The molecule has 7 rings (SSSR count). The van der Waals surface area contributed by atoms with Crippen molar-refractivity contribution in [2.45, 2.75) is 155 Å². The molecular formula is C50H62S4. The summed E-state index contributed by atoms with van der Waals surface area (Å²) >= 11 is 7.93. The molecular weight excluding hydrogens is 729 g/mol. The smallest absolute Gasteiger partial charge is 0.0362 e. The van der Waals surface area contributed by atoms with Gasteiger partial charge in [0.25, 0.3) is 0 Å². The van der Waals surface area contributed by atoms with Gasteiger partial charge in [0.15, 0.2) is 0 Å². The average Bonchev–Trinajstić information content (AvgIpc) is 4.00. The van der Waals surface area contributed by atoms with E-state index in [4.69, 9.17) is 0 Å². The van der Waals surface area contributed by atoms with Crippen LogP contribution in [0.3, 0.4) is 0 Å². The second-order valence-electron chi connectivity index (χ2n) is 15.9. The van der Waals surface area contributed by atoms with Gasteiger partial charge in [-0.15, -0.1) is 45.3 Å². The van der Waals surface area contributed by atoms with Crippen molar-refractivity contribution in [3.05, 3.63) is 82.6 Å². The van der Waals surface area contributed by atoms with Crippen LogP contribution in [0.1, 0.15) is 152 Å². The Bertz CT molecular complexity index is 2030. The fraction of sp³-hybridized carbons (Fsp3) is 0.480. The van der Waals surface area contributed by atoms with Crippen molar-refractivity contribution in [2.75, 3.05) is 0 Å². The molecule has 0 saturated carbocycles. The molecule has 0 nitrogen and oxygen atoms in total. The predicted octanol–water partition coefficient (Wildman–Crippen LogP) is 18.8. The van der Waals surface area contributed by atoms with Crippen LogP contribution in [0.4, 0.5) is 0 Å². The van der Waals surface area contributed by atoms with Crippen molar-refractivity contribution >= 4 is 85.7 Å². The van der Waals surface area contributed by atoms with Gasteiger partial charge >= 0.3 is 0 Å². The summed E-state index contributed by atoms with van der Waals surface area (Å²) in [6.45, 7) is 4.60. The van der Waals surface area contributed by atoms with Gasteiger partial charge in [0, 0.05) is 59.9 Å². The molecule has 0 unspecified atom stereocenters. The number of thiophene rings is 4. The molecule has 0 amide bonds. The van der Waals surface area contributed by atoms with Crippen LogP contribution in [0.25, 0.3) is 61.2 Å². The first-order valence-electron chi connectivity index (χ1n) is 21.7. The molecule has 0 radical (unpaired) electrons. The first kappa shape index (κ1) is 39.7. The molecule has 4 aromatic heterocycles. The van der Waals surface area contributed by atoms with Crippen molar-refractivity contribution in [2.24, 2.45) is 0 Å². The minimum absolute atomic E-state index is 1.23. The van der Waals surface area contributed by atoms with E-state index in [0.717, 1.165) is 0 Å². The van der Waals surface area contributed by atoms with E-state index in [2.05, 4.69) is 86.6 Å². The maximum Gasteiger partial charge on any atom is 0.0362 e. The Labute approximate surface area is 342 Å². The van der Waals surface area contributed by atoms with Gasteiger partial charge in [-0.05, 0) is 85.3 Å². The molecule has 0 N–H and O–H groups in total. The monoisotopic (exact) mass is 790 g/mol. The van der Waals surface area contributed by atoms with Crippen molar-refractivity contribution < 1.29 is 0 Å². The Hall–Kier alpha value is -2.50. The quantitative estimate of drug-likeness (QED) is 0.0535. The maximum atomic E-state index is 2.47. The van der Waals surface area contributed by atoms with E-state index in [-0.39, 0.29) is 0 Å². The van der Waals surface area contributed by atoms with Crippen molar-refractivity contribution in [3.63, 3.8) is 0 Å². The lowest BCUT2D eigenvalue weighted by Gasteiger charge is -2.02. The minimum Gasteiger partial charge on any atom is -0.140 e. The van der Waals surface area contributed by atoms with Crippen LogP contribution in [0.15, 0.2) is 72.8 Å². The van der Waals surface area contributed by atoms with Crippen LogP contribution < -0.4 is 0 Å². The van der Waals surface area contributed by atoms with Crippen molar-refractivity contribution in [1.29, 1.82) is 0 Å². The molecule has 286 valence electrons. The number of rotatable bonds is 24. The summed E-state index contributed by atoms with van der Waals surface area (Å²) in [4.78, 5) is 5.91. The van der Waals surface area contributed by atoms with E-state index in [1.165, 1.54) is 202 Å². The molecule has 0 aliphatic rings. The van der Waals surface area contributed by atoms with Crippen LogP contribution in [-0.4, -0.2) is 0 Å². The third-order valence-corrected chi connectivity index (χ3v) is 16.1. The molecule has 54 heavy (non-hydrogen) atoms. The van der Waals surface area contributed by atoms with Gasteiger partial charge in [0.1, 0.15) is 0 Å². The van der Waals surface area contributed by atoms with Crippen LogP contribution in [-0.2, 0) is 12.8 Å². The summed E-state index contributed by atoms with van der Waals surface area (Å²) < 4.78 is 5.62. The number of unbranched alkanes of at least 4 members (excludes halogenated alkanes) is 18. The number of benzene rings is 3. The van der Waals surface area contributed by atoms with E-state index in [1.807, 2.05) is 45.3 Å². The Morgan fingerprint density at radius 2 is 0.667 bits per heavy atom. The molecule has 4 heterocycles. The number of aryl methyl sites for hydroxylation is 2. The Morgan fingerprint density at radius 1 is 0.315 bits per heavy atom. The summed E-state index contributed by atoms with van der Waals surface area (Å²) in [7, 11) is 0. The van der Waals surface area contributed by atoms with E-state index >= 15 is 0 Å². The molecule has 0 atom stereocenters. The summed E-state index contributed by atoms with van der Waals surface area (Å²) in [6.07, 6.45) is 30.5. The molecule has 7 aromatic rings. The lowest BCUT2D eigenvalue weighted by molar-refractivity contribution is 0.557. The summed E-state index contributed by atoms with van der Waals surface area (Å²) in [6, 6.07) is 28.8. The van der Waals surface area contributed by atoms with Crippen molar-refractivity contribution in [3.8, 4) is 20.9 Å². The average molecular weight is 791 g/mol. The van der Waals surface area contributed by atoms with Crippen molar-refractivity contribution in [1.82, 2.24) is 0 Å². The largest absolute Gasteiger partial charge is 0.140 e. The number of fused-ring (bicyclic) bond motifs is 6. The molecule has 0 saturated heterocycles. The molecule has 0 spiro atoms.